The van der Waals surface area contributed by atoms with Gasteiger partial charge >= 0.3 is 12.1 Å². The molecule has 140 valence electrons. The van der Waals surface area contributed by atoms with Gasteiger partial charge in [0, 0.05) is 19.8 Å². The van der Waals surface area contributed by atoms with Crippen LogP contribution in [0.3, 0.4) is 0 Å². The van der Waals surface area contributed by atoms with Gasteiger partial charge in [0.2, 0.25) is 6.29 Å². The van der Waals surface area contributed by atoms with Crippen molar-refractivity contribution >= 4 is 12.1 Å². The summed E-state index contributed by atoms with van der Waals surface area (Å²) in [7, 11) is 0. The molecular weight excluding hydrogens is 338 g/mol. The van der Waals surface area contributed by atoms with Crippen LogP contribution in [0, 0.1) is 0 Å². The lowest BCUT2D eigenvalue weighted by molar-refractivity contribution is -0.290. The van der Waals surface area contributed by atoms with Crippen molar-refractivity contribution < 1.29 is 28.5 Å². The summed E-state index contributed by atoms with van der Waals surface area (Å²) in [5, 5.41) is 0. The van der Waals surface area contributed by atoms with Crippen molar-refractivity contribution in [1.82, 2.24) is 4.90 Å². The average Bonchev–Trinajstić information content (AvgIpc) is 3.16. The molecule has 4 atom stereocenters. The molecule has 1 unspecified atom stereocenters. The maximum atomic E-state index is 12.6. The molecule has 7 nitrogen and oxygen atoms in total. The van der Waals surface area contributed by atoms with Crippen molar-refractivity contribution in [2.75, 3.05) is 13.2 Å². The number of nitrogens with zero attached hydrogens (tertiary/aromatic N) is 1. The van der Waals surface area contributed by atoms with Crippen molar-refractivity contribution in [3.63, 3.8) is 0 Å². The fraction of sp³-hybridized carbons (Fsp3) is 0.579. The largest absolute Gasteiger partial charge is 0.447 e. The molecule has 26 heavy (non-hydrogen) atoms. The van der Waals surface area contributed by atoms with E-state index < -0.39 is 18.0 Å². The van der Waals surface area contributed by atoms with Crippen LogP contribution >= 0.6 is 0 Å². The van der Waals surface area contributed by atoms with E-state index in [4.69, 9.17) is 18.9 Å². The molecule has 3 aliphatic heterocycles. The molecule has 0 N–H and O–H groups in total. The van der Waals surface area contributed by atoms with E-state index in [0.29, 0.717) is 19.4 Å². The highest BCUT2D eigenvalue weighted by atomic mass is 16.8. The average molecular weight is 361 g/mol. The van der Waals surface area contributed by atoms with Gasteiger partial charge in [0.1, 0.15) is 6.61 Å². The van der Waals surface area contributed by atoms with Crippen LogP contribution in [0.15, 0.2) is 30.3 Å². The Balaban J connectivity index is 1.65. The third-order valence-corrected chi connectivity index (χ3v) is 5.25. The minimum Gasteiger partial charge on any atom is -0.447 e. The van der Waals surface area contributed by atoms with Gasteiger partial charge < -0.3 is 18.9 Å². The van der Waals surface area contributed by atoms with Crippen molar-refractivity contribution in [3.05, 3.63) is 35.9 Å². The molecule has 3 saturated heterocycles. The predicted molar refractivity (Wildman–Crippen MR) is 89.9 cm³/mol. The van der Waals surface area contributed by atoms with Crippen LogP contribution < -0.4 is 0 Å². The summed E-state index contributed by atoms with van der Waals surface area (Å²) in [6.07, 6.45) is 1.80. The number of carbonyl (C=O) groups excluding carboxylic acids is 2. The molecule has 1 amide bonds. The van der Waals surface area contributed by atoms with Gasteiger partial charge in [-0.05, 0) is 18.4 Å². The third kappa shape index (κ3) is 3.05. The number of amides is 1. The lowest BCUT2D eigenvalue weighted by atomic mass is 9.94. The van der Waals surface area contributed by atoms with E-state index >= 15 is 0 Å². The van der Waals surface area contributed by atoms with Crippen LogP contribution in [-0.4, -0.2) is 48.3 Å². The van der Waals surface area contributed by atoms with Crippen molar-refractivity contribution in [2.45, 2.75) is 56.8 Å². The Morgan fingerprint density at radius 3 is 2.77 bits per heavy atom. The number of carbonyl (C=O) groups is 2. The van der Waals surface area contributed by atoms with Crippen molar-refractivity contribution in [3.8, 4) is 0 Å². The summed E-state index contributed by atoms with van der Waals surface area (Å²) in [4.78, 5) is 25.7. The number of ether oxygens (including phenoxy) is 4. The smallest absolute Gasteiger partial charge is 0.410 e. The number of benzene rings is 1. The number of hydrogen-bond acceptors (Lipinski definition) is 6. The Morgan fingerprint density at radius 2 is 2.08 bits per heavy atom. The highest BCUT2D eigenvalue weighted by Gasteiger charge is 2.58. The number of cyclic esters (lactones) is 1. The first-order valence-corrected chi connectivity index (χ1v) is 9.08. The summed E-state index contributed by atoms with van der Waals surface area (Å²) in [6.45, 7) is 2.19. The minimum atomic E-state index is -0.950. The van der Waals surface area contributed by atoms with Gasteiger partial charge in [0.15, 0.2) is 5.79 Å². The van der Waals surface area contributed by atoms with Gasteiger partial charge in [-0.2, -0.15) is 0 Å². The van der Waals surface area contributed by atoms with Crippen LogP contribution in [0.4, 0.5) is 4.79 Å². The molecule has 1 spiro atoms. The maximum absolute atomic E-state index is 12.6. The molecule has 0 radical (unpaired) electrons. The van der Waals surface area contributed by atoms with Crippen LogP contribution in [0.5, 0.6) is 0 Å². The maximum Gasteiger partial charge on any atom is 0.410 e. The summed E-state index contributed by atoms with van der Waals surface area (Å²) in [6, 6.07) is 9.20. The van der Waals surface area contributed by atoms with Gasteiger partial charge in [-0.25, -0.2) is 4.79 Å². The lowest BCUT2D eigenvalue weighted by Crippen LogP contribution is -2.54. The molecular formula is C19H23NO6. The predicted octanol–water partition coefficient (Wildman–Crippen LogP) is 2.75. The second-order valence-corrected chi connectivity index (χ2v) is 6.94. The first-order chi connectivity index (χ1) is 12.6. The van der Waals surface area contributed by atoms with E-state index in [9.17, 15) is 9.59 Å². The zero-order valence-electron chi connectivity index (χ0n) is 14.8. The molecule has 0 aromatic heterocycles. The molecule has 1 aromatic rings. The Morgan fingerprint density at radius 1 is 1.27 bits per heavy atom. The molecule has 3 aliphatic rings. The second kappa shape index (κ2) is 6.89. The molecule has 0 saturated carbocycles. The van der Waals surface area contributed by atoms with E-state index in [1.54, 1.807) is 4.90 Å². The van der Waals surface area contributed by atoms with Gasteiger partial charge in [0.25, 0.3) is 0 Å². The monoisotopic (exact) mass is 361 g/mol. The molecule has 0 bridgehead atoms. The Kier molecular flexibility index (Phi) is 4.58. The summed E-state index contributed by atoms with van der Waals surface area (Å²) in [5.41, 5.74) is 1.00. The first kappa shape index (κ1) is 17.3. The fourth-order valence-electron chi connectivity index (χ4n) is 4.15. The lowest BCUT2D eigenvalue weighted by Gasteiger charge is -2.41. The van der Waals surface area contributed by atoms with Gasteiger partial charge in [-0.3, -0.25) is 9.69 Å². The Labute approximate surface area is 152 Å². The molecule has 3 fully saturated rings. The van der Waals surface area contributed by atoms with Crippen molar-refractivity contribution in [1.29, 1.82) is 0 Å². The number of hydrogen-bond donors (Lipinski definition) is 0. The SMILES string of the molecule is CC(=O)OC1C[C@H](N2C(=O)OC[C@@H]2c2ccccc2)[C@]2(CCCCO2)O1. The standard InChI is InChI=1S/C19H23NO6/c1-13(21)25-17-11-16(19(26-17)9-5-6-10-24-19)20-15(12-23-18(20)22)14-7-3-2-4-8-14/h2-4,7-8,15-17H,5-6,9-12H2,1H3/t15-,16+,17?,19+/m1/s1. The highest BCUT2D eigenvalue weighted by Crippen LogP contribution is 2.45. The number of esters is 1. The van der Waals surface area contributed by atoms with Gasteiger partial charge in [0.05, 0.1) is 18.7 Å². The first-order valence-electron chi connectivity index (χ1n) is 9.08. The van der Waals surface area contributed by atoms with Crippen LogP contribution in [0.1, 0.15) is 44.2 Å². The van der Waals surface area contributed by atoms with Crippen molar-refractivity contribution in [2.24, 2.45) is 0 Å². The van der Waals surface area contributed by atoms with E-state index in [0.717, 1.165) is 18.4 Å². The molecule has 7 heteroatoms. The van der Waals surface area contributed by atoms with E-state index in [2.05, 4.69) is 0 Å². The zero-order valence-corrected chi connectivity index (χ0v) is 14.8. The van der Waals surface area contributed by atoms with Gasteiger partial charge in [-0.15, -0.1) is 0 Å². The zero-order chi connectivity index (χ0) is 18.1. The second-order valence-electron chi connectivity index (χ2n) is 6.94. The Bertz CT molecular complexity index is 672. The van der Waals surface area contributed by atoms with Crippen LogP contribution in [-0.2, 0) is 23.7 Å². The summed E-state index contributed by atoms with van der Waals surface area (Å²) < 4.78 is 22.7. The highest BCUT2D eigenvalue weighted by molar-refractivity contribution is 5.71. The summed E-state index contributed by atoms with van der Waals surface area (Å²) >= 11 is 0. The third-order valence-electron chi connectivity index (χ3n) is 5.25. The van der Waals surface area contributed by atoms with Crippen LogP contribution in [0.2, 0.25) is 0 Å². The normalized spacial score (nSPS) is 34.1. The molecule has 0 aliphatic carbocycles. The van der Waals surface area contributed by atoms with E-state index in [1.807, 2.05) is 30.3 Å². The summed E-state index contributed by atoms with van der Waals surface area (Å²) in [5.74, 6) is -1.36. The molecule has 1 aromatic carbocycles. The topological polar surface area (TPSA) is 74.3 Å². The molecule has 3 heterocycles. The number of rotatable bonds is 3. The minimum absolute atomic E-state index is 0.212. The van der Waals surface area contributed by atoms with Gasteiger partial charge in [-0.1, -0.05) is 30.3 Å². The molecule has 4 rings (SSSR count). The Hall–Kier alpha value is -2.12. The fourth-order valence-corrected chi connectivity index (χ4v) is 4.15. The van der Waals surface area contributed by atoms with Crippen LogP contribution in [0.25, 0.3) is 0 Å². The van der Waals surface area contributed by atoms with E-state index in [1.165, 1.54) is 6.92 Å². The quantitative estimate of drug-likeness (QED) is 0.771. The van der Waals surface area contributed by atoms with E-state index in [-0.39, 0.29) is 24.8 Å².